The second kappa shape index (κ2) is 16.9. The molecule has 0 unspecified atom stereocenters. The largest absolute Gasteiger partial charge is 0.469 e. The van der Waals surface area contributed by atoms with Crippen LogP contribution in [-0.4, -0.2) is 100 Å². The van der Waals surface area contributed by atoms with Crippen LogP contribution in [0.15, 0.2) is 78.9 Å². The first kappa shape index (κ1) is 41.5. The van der Waals surface area contributed by atoms with E-state index in [1.807, 2.05) is 85.8 Å². The number of anilines is 3. The molecular formula is C44H56FN5O7Si. The molecule has 3 saturated heterocycles. The number of para-hydroxylation sites is 1. The maximum atomic E-state index is 16.8. The predicted octanol–water partition coefficient (Wildman–Crippen LogP) is 5.50. The van der Waals surface area contributed by atoms with Crippen LogP contribution in [0.3, 0.4) is 0 Å². The molecule has 4 heterocycles. The molecule has 3 amide bonds. The van der Waals surface area contributed by atoms with Crippen LogP contribution < -0.4 is 20.0 Å². The fourth-order valence-corrected chi connectivity index (χ4v) is 12.4. The lowest BCUT2D eigenvalue weighted by Gasteiger charge is -2.39. The number of esters is 1. The number of aliphatic hydroxyl groups is 1. The summed E-state index contributed by atoms with van der Waals surface area (Å²) in [5.74, 6) is -1.65. The molecule has 4 atom stereocenters. The van der Waals surface area contributed by atoms with Gasteiger partial charge >= 0.3 is 5.97 Å². The molecule has 0 saturated carbocycles. The van der Waals surface area contributed by atoms with Crippen LogP contribution in [0.1, 0.15) is 56.6 Å². The molecule has 310 valence electrons. The Bertz CT molecular complexity index is 1980. The number of nitrogens with one attached hydrogen (secondary N) is 1. The van der Waals surface area contributed by atoms with Crippen molar-refractivity contribution in [1.29, 1.82) is 0 Å². The minimum Gasteiger partial charge on any atom is -0.469 e. The number of nitrogens with zero attached hydrogens (tertiary/aromatic N) is 4. The summed E-state index contributed by atoms with van der Waals surface area (Å²) in [5, 5.41) is 13.3. The van der Waals surface area contributed by atoms with Gasteiger partial charge in [0.1, 0.15) is 5.54 Å². The Morgan fingerprint density at radius 2 is 1.67 bits per heavy atom. The van der Waals surface area contributed by atoms with Gasteiger partial charge in [-0.2, -0.15) is 0 Å². The van der Waals surface area contributed by atoms with Crippen molar-refractivity contribution in [1.82, 2.24) is 10.2 Å². The van der Waals surface area contributed by atoms with E-state index in [0.29, 0.717) is 62.4 Å². The van der Waals surface area contributed by atoms with Gasteiger partial charge in [-0.3, -0.25) is 24.1 Å². The topological polar surface area (TPSA) is 132 Å². The number of carbonyl (C=O) groups is 4. The van der Waals surface area contributed by atoms with Gasteiger partial charge in [-0.05, 0) is 87.8 Å². The van der Waals surface area contributed by atoms with Gasteiger partial charge in [0.2, 0.25) is 14.3 Å². The van der Waals surface area contributed by atoms with E-state index in [1.165, 1.54) is 7.11 Å². The molecule has 0 radical (unpaired) electrons. The summed E-state index contributed by atoms with van der Waals surface area (Å²) in [6.45, 7) is 7.17. The lowest BCUT2D eigenvalue weighted by molar-refractivity contribution is -0.149. The fraction of sp³-hybridized carbons (Fsp3) is 0.500. The monoisotopic (exact) mass is 813 g/mol. The first-order chi connectivity index (χ1) is 27.9. The highest BCUT2D eigenvalue weighted by atomic mass is 28.4. The number of carbonyl (C=O) groups excluding carboxylic acids is 4. The molecule has 3 aromatic rings. The Morgan fingerprint density at radius 3 is 2.33 bits per heavy atom. The number of unbranched alkanes of at least 4 members (excludes halogenated alkanes) is 1. The van der Waals surface area contributed by atoms with Crippen molar-refractivity contribution in [3.63, 3.8) is 0 Å². The number of hydrogen-bond acceptors (Lipinski definition) is 9. The van der Waals surface area contributed by atoms with Crippen molar-refractivity contribution in [3.05, 3.63) is 90.0 Å². The molecule has 4 aliphatic rings. The molecule has 14 heteroatoms. The lowest BCUT2D eigenvalue weighted by Crippen LogP contribution is -2.55. The molecule has 12 nitrogen and oxygen atoms in total. The minimum atomic E-state index is -3.63. The van der Waals surface area contributed by atoms with Gasteiger partial charge in [-0.25, -0.2) is 0 Å². The van der Waals surface area contributed by atoms with Crippen LogP contribution in [0.25, 0.3) is 0 Å². The third-order valence-electron chi connectivity index (χ3n) is 12.8. The molecule has 7 rings (SSSR count). The Labute approximate surface area is 341 Å². The maximum absolute atomic E-state index is 16.8. The zero-order valence-corrected chi connectivity index (χ0v) is 35.0. The molecule has 2 spiro atoms. The number of aliphatic hydroxyl groups excluding tert-OH is 1. The molecule has 0 aliphatic carbocycles. The summed E-state index contributed by atoms with van der Waals surface area (Å²) in [6, 6.07) is 25.0. The van der Waals surface area contributed by atoms with E-state index in [9.17, 15) is 19.5 Å². The Morgan fingerprint density at radius 1 is 0.983 bits per heavy atom. The Kier molecular flexibility index (Phi) is 12.1. The highest BCUT2D eigenvalue weighted by molar-refractivity contribution is 6.72. The third kappa shape index (κ3) is 7.55. The number of hydrogen-bond donors (Lipinski definition) is 2. The van der Waals surface area contributed by atoms with E-state index in [1.54, 1.807) is 27.8 Å². The fourth-order valence-electron chi connectivity index (χ4n) is 9.95. The third-order valence-corrected chi connectivity index (χ3v) is 15.2. The quantitative estimate of drug-likeness (QED) is 0.0939. The molecule has 3 aromatic carbocycles. The molecule has 3 fully saturated rings. The van der Waals surface area contributed by atoms with Crippen molar-refractivity contribution in [3.8, 4) is 0 Å². The maximum Gasteiger partial charge on any atom is 0.305 e. The van der Waals surface area contributed by atoms with Crippen molar-refractivity contribution in [2.24, 2.45) is 5.92 Å². The minimum absolute atomic E-state index is 0.0164. The van der Waals surface area contributed by atoms with Gasteiger partial charge in [0, 0.05) is 54.5 Å². The highest BCUT2D eigenvalue weighted by Gasteiger charge is 2.67. The first-order valence-corrected chi connectivity index (χ1v) is 23.5. The highest BCUT2D eigenvalue weighted by Crippen LogP contribution is 2.61. The smallest absolute Gasteiger partial charge is 0.305 e. The van der Waals surface area contributed by atoms with Crippen molar-refractivity contribution >= 4 is 49.2 Å². The number of benzene rings is 3. The number of piperidine rings is 1. The van der Waals surface area contributed by atoms with Crippen LogP contribution in [0.5, 0.6) is 0 Å². The van der Waals surface area contributed by atoms with Gasteiger partial charge in [-0.1, -0.05) is 55.5 Å². The van der Waals surface area contributed by atoms with E-state index in [0.717, 1.165) is 11.3 Å². The van der Waals surface area contributed by atoms with Gasteiger partial charge in [0.25, 0.3) is 11.8 Å². The molecule has 2 N–H and O–H groups in total. The molecule has 0 bridgehead atoms. The Hall–Kier alpha value is -4.63. The normalized spacial score (nSPS) is 23.9. The second-order valence-corrected chi connectivity index (χ2v) is 20.4. The van der Waals surface area contributed by atoms with Crippen LogP contribution in [-0.2, 0) is 40.8 Å². The van der Waals surface area contributed by atoms with Gasteiger partial charge in [0.15, 0.2) is 5.60 Å². The number of rotatable bonds is 14. The summed E-state index contributed by atoms with van der Waals surface area (Å²) in [6.07, 6.45) is 1.38. The van der Waals surface area contributed by atoms with Crippen molar-refractivity contribution in [2.45, 2.75) is 87.9 Å². The summed E-state index contributed by atoms with van der Waals surface area (Å²) in [5.41, 5.74) is 0.503. The molecule has 0 aromatic heterocycles. The number of methoxy groups -OCH3 is 1. The summed E-state index contributed by atoms with van der Waals surface area (Å²) in [7, 11) is -2.28. The number of amides is 3. The first-order valence-electron chi connectivity index (χ1n) is 20.5. The standard InChI is InChI=1S/C44H56FN5O7Si/c1-31-40(58(3,4)45)37(28-38(52)47(25-26-51)29-32-13-7-5-8-14-32)57-44(31)35-27-34(18-19-36(35)48(42(44)55)24-12-11-17-39(53)56-2)49-30-50(33-15-9-6-10-16-33)43(41(49)54)20-22-46-23-21-43/h5-10,13-16,18-19,27,31,37,40,46,51H,11-12,17,20-26,28-30H2,1-4H3/t31-,37+,40-,44+/m1/s1. The zero-order valence-electron chi connectivity index (χ0n) is 34.0. The van der Waals surface area contributed by atoms with Crippen LogP contribution in [0.2, 0.25) is 18.6 Å². The van der Waals surface area contributed by atoms with Crippen LogP contribution in [0.4, 0.5) is 21.2 Å². The van der Waals surface area contributed by atoms with E-state index in [2.05, 4.69) is 10.2 Å². The van der Waals surface area contributed by atoms with Gasteiger partial charge in [-0.15, -0.1) is 0 Å². The molecule has 4 aliphatic heterocycles. The average Bonchev–Trinajstić information content (AvgIpc) is 3.76. The van der Waals surface area contributed by atoms with Gasteiger partial charge in [0.05, 0.1) is 38.6 Å². The second-order valence-electron chi connectivity index (χ2n) is 16.6. The van der Waals surface area contributed by atoms with E-state index >= 15 is 8.90 Å². The van der Waals surface area contributed by atoms with E-state index < -0.39 is 37.1 Å². The van der Waals surface area contributed by atoms with Crippen LogP contribution in [0, 0.1) is 5.92 Å². The number of halogens is 1. The Balaban J connectivity index is 1.27. The van der Waals surface area contributed by atoms with Gasteiger partial charge < -0.3 is 38.7 Å². The molecule has 58 heavy (non-hydrogen) atoms. The van der Waals surface area contributed by atoms with Crippen molar-refractivity contribution < 1.29 is 37.9 Å². The van der Waals surface area contributed by atoms with Crippen molar-refractivity contribution in [2.75, 3.05) is 61.3 Å². The summed E-state index contributed by atoms with van der Waals surface area (Å²) in [4.78, 5) is 63.1. The van der Waals surface area contributed by atoms with Crippen LogP contribution >= 0.6 is 0 Å². The summed E-state index contributed by atoms with van der Waals surface area (Å²) < 4.78 is 28.6. The molecular weight excluding hydrogens is 758 g/mol. The SMILES string of the molecule is COC(=O)CCCCN1C(=O)[C@@]2(O[C@@H](CC(=O)N(CCO)Cc3ccccc3)[C@H]([Si](C)(C)F)[C@H]2C)c2cc(N3CN(c4ccccc4)C4(CCNCC4)C3=O)ccc21. The lowest BCUT2D eigenvalue weighted by atomic mass is 9.82. The van der Waals surface area contributed by atoms with E-state index in [4.69, 9.17) is 9.47 Å². The van der Waals surface area contributed by atoms with E-state index in [-0.39, 0.29) is 62.8 Å². The predicted molar refractivity (Wildman–Crippen MR) is 222 cm³/mol. The number of fused-ring (bicyclic) bond motifs is 2. The number of ether oxygens (including phenoxy) is 2. The zero-order chi connectivity index (χ0) is 41.2. The average molecular weight is 814 g/mol. The summed E-state index contributed by atoms with van der Waals surface area (Å²) >= 11 is 0.